The first-order chi connectivity index (χ1) is 7.65. The van der Waals surface area contributed by atoms with Crippen LogP contribution in [0.5, 0.6) is 0 Å². The molecule has 0 unspecified atom stereocenters. The van der Waals surface area contributed by atoms with Gasteiger partial charge in [0.15, 0.2) is 0 Å². The molecule has 0 radical (unpaired) electrons. The first kappa shape index (κ1) is 13.3. The first-order valence-electron chi connectivity index (χ1n) is 5.03. The van der Waals surface area contributed by atoms with Crippen molar-refractivity contribution in [2.75, 3.05) is 20.1 Å². The molecule has 0 spiro atoms. The second-order valence-electron chi connectivity index (χ2n) is 3.34. The van der Waals surface area contributed by atoms with E-state index in [0.717, 1.165) is 13.0 Å². The van der Waals surface area contributed by atoms with Gasteiger partial charge in [-0.05, 0) is 38.2 Å². The molecule has 88 valence electrons. The number of benzene rings is 1. The lowest BCUT2D eigenvalue weighted by molar-refractivity contribution is 0.0953. The van der Waals surface area contributed by atoms with Crippen molar-refractivity contribution >= 4 is 29.1 Å². The summed E-state index contributed by atoms with van der Waals surface area (Å²) in [5.41, 5.74) is 0.415. The molecule has 0 aliphatic heterocycles. The summed E-state index contributed by atoms with van der Waals surface area (Å²) in [7, 11) is 1.87. The monoisotopic (exact) mass is 260 g/mol. The Morgan fingerprint density at radius 1 is 1.31 bits per heavy atom. The van der Waals surface area contributed by atoms with Crippen LogP contribution in [-0.4, -0.2) is 26.0 Å². The number of amides is 1. The van der Waals surface area contributed by atoms with Crippen molar-refractivity contribution in [3.05, 3.63) is 33.8 Å². The molecule has 0 aromatic heterocycles. The highest BCUT2D eigenvalue weighted by Gasteiger charge is 2.09. The molecule has 0 saturated carbocycles. The Balaban J connectivity index is 2.55. The Labute approximate surface area is 105 Å². The van der Waals surface area contributed by atoms with Crippen LogP contribution in [0, 0.1) is 0 Å². The molecule has 1 amide bonds. The maximum Gasteiger partial charge on any atom is 0.252 e. The maximum absolute atomic E-state index is 11.7. The third-order valence-corrected chi connectivity index (χ3v) is 2.63. The fourth-order valence-corrected chi connectivity index (χ4v) is 1.61. The van der Waals surface area contributed by atoms with Crippen LogP contribution in [0.4, 0.5) is 0 Å². The molecule has 0 aliphatic carbocycles. The lowest BCUT2D eigenvalue weighted by Gasteiger charge is -2.06. The minimum atomic E-state index is -0.191. The predicted molar refractivity (Wildman–Crippen MR) is 67.3 cm³/mol. The van der Waals surface area contributed by atoms with Gasteiger partial charge >= 0.3 is 0 Å². The molecule has 16 heavy (non-hydrogen) atoms. The Bertz CT molecular complexity index is 369. The van der Waals surface area contributed by atoms with Crippen LogP contribution in [0.15, 0.2) is 18.2 Å². The van der Waals surface area contributed by atoms with E-state index < -0.39 is 0 Å². The maximum atomic E-state index is 11.7. The summed E-state index contributed by atoms with van der Waals surface area (Å²) >= 11 is 11.7. The van der Waals surface area contributed by atoms with Gasteiger partial charge < -0.3 is 10.6 Å². The van der Waals surface area contributed by atoms with Crippen molar-refractivity contribution in [3.63, 3.8) is 0 Å². The number of carbonyl (C=O) groups excluding carboxylic acids is 1. The minimum absolute atomic E-state index is 0.191. The van der Waals surface area contributed by atoms with Crippen LogP contribution in [0.3, 0.4) is 0 Å². The molecule has 0 bridgehead atoms. The second kappa shape index (κ2) is 6.74. The Morgan fingerprint density at radius 3 is 2.75 bits per heavy atom. The van der Waals surface area contributed by atoms with Crippen molar-refractivity contribution < 1.29 is 4.79 Å². The zero-order valence-corrected chi connectivity index (χ0v) is 10.5. The number of halogens is 2. The van der Waals surface area contributed by atoms with Gasteiger partial charge in [-0.25, -0.2) is 0 Å². The highest BCUT2D eigenvalue weighted by molar-refractivity contribution is 6.35. The zero-order chi connectivity index (χ0) is 12.0. The number of rotatable bonds is 5. The summed E-state index contributed by atoms with van der Waals surface area (Å²) < 4.78 is 0. The largest absolute Gasteiger partial charge is 0.352 e. The third-order valence-electron chi connectivity index (χ3n) is 2.06. The molecule has 0 aliphatic rings. The number of hydrogen-bond acceptors (Lipinski definition) is 2. The summed E-state index contributed by atoms with van der Waals surface area (Å²) in [6.07, 6.45) is 0.875. The van der Waals surface area contributed by atoms with Crippen molar-refractivity contribution in [1.29, 1.82) is 0 Å². The average Bonchev–Trinajstić information content (AvgIpc) is 2.27. The van der Waals surface area contributed by atoms with Crippen LogP contribution >= 0.6 is 23.2 Å². The van der Waals surface area contributed by atoms with E-state index in [9.17, 15) is 4.79 Å². The SMILES string of the molecule is CNCCCNC(=O)c1cc(Cl)ccc1Cl. The molecule has 1 aromatic carbocycles. The average molecular weight is 261 g/mol. The molecule has 1 aromatic rings. The van der Waals surface area contributed by atoms with Gasteiger partial charge in [0.25, 0.3) is 5.91 Å². The molecule has 0 atom stereocenters. The Morgan fingerprint density at radius 2 is 2.06 bits per heavy atom. The Hall–Kier alpha value is -0.770. The van der Waals surface area contributed by atoms with Gasteiger partial charge in [-0.1, -0.05) is 23.2 Å². The van der Waals surface area contributed by atoms with Crippen LogP contribution in [0.25, 0.3) is 0 Å². The topological polar surface area (TPSA) is 41.1 Å². The van der Waals surface area contributed by atoms with Gasteiger partial charge in [0.1, 0.15) is 0 Å². The van der Waals surface area contributed by atoms with E-state index in [1.54, 1.807) is 18.2 Å². The van der Waals surface area contributed by atoms with Crippen LogP contribution in [-0.2, 0) is 0 Å². The lowest BCUT2D eigenvalue weighted by Crippen LogP contribution is -2.26. The van der Waals surface area contributed by atoms with Gasteiger partial charge in [0.05, 0.1) is 10.6 Å². The van der Waals surface area contributed by atoms with E-state index in [-0.39, 0.29) is 5.91 Å². The van der Waals surface area contributed by atoms with E-state index in [1.807, 2.05) is 7.05 Å². The van der Waals surface area contributed by atoms with Crippen molar-refractivity contribution in [3.8, 4) is 0 Å². The molecular formula is C11H14Cl2N2O. The van der Waals surface area contributed by atoms with Gasteiger partial charge in [0, 0.05) is 11.6 Å². The fraction of sp³-hybridized carbons (Fsp3) is 0.364. The quantitative estimate of drug-likeness (QED) is 0.799. The fourth-order valence-electron chi connectivity index (χ4n) is 1.23. The standard InChI is InChI=1S/C11H14Cl2N2O/c1-14-5-2-6-15-11(16)9-7-8(12)3-4-10(9)13/h3-4,7,14H,2,5-6H2,1H3,(H,15,16). The second-order valence-corrected chi connectivity index (χ2v) is 4.18. The molecular weight excluding hydrogens is 247 g/mol. The van der Waals surface area contributed by atoms with E-state index in [0.29, 0.717) is 22.2 Å². The van der Waals surface area contributed by atoms with Gasteiger partial charge in [-0.15, -0.1) is 0 Å². The molecule has 0 fully saturated rings. The van der Waals surface area contributed by atoms with Crippen LogP contribution in [0.1, 0.15) is 16.8 Å². The summed E-state index contributed by atoms with van der Waals surface area (Å²) in [6.45, 7) is 1.48. The molecule has 1 rings (SSSR count). The summed E-state index contributed by atoms with van der Waals surface area (Å²) in [5, 5.41) is 6.70. The van der Waals surface area contributed by atoms with Gasteiger partial charge in [0.2, 0.25) is 0 Å². The first-order valence-corrected chi connectivity index (χ1v) is 5.78. The smallest absolute Gasteiger partial charge is 0.252 e. The summed E-state index contributed by atoms with van der Waals surface area (Å²) in [5.74, 6) is -0.191. The summed E-state index contributed by atoms with van der Waals surface area (Å²) in [6, 6.07) is 4.84. The van der Waals surface area contributed by atoms with Crippen molar-refractivity contribution in [2.24, 2.45) is 0 Å². The molecule has 0 heterocycles. The van der Waals surface area contributed by atoms with E-state index in [2.05, 4.69) is 10.6 Å². The highest BCUT2D eigenvalue weighted by atomic mass is 35.5. The van der Waals surface area contributed by atoms with Crippen LogP contribution < -0.4 is 10.6 Å². The van der Waals surface area contributed by atoms with Crippen molar-refractivity contribution in [2.45, 2.75) is 6.42 Å². The van der Waals surface area contributed by atoms with Crippen molar-refractivity contribution in [1.82, 2.24) is 10.6 Å². The summed E-state index contributed by atoms with van der Waals surface area (Å²) in [4.78, 5) is 11.7. The molecule has 2 N–H and O–H groups in total. The third kappa shape index (κ3) is 4.00. The minimum Gasteiger partial charge on any atom is -0.352 e. The highest BCUT2D eigenvalue weighted by Crippen LogP contribution is 2.20. The Kier molecular flexibility index (Phi) is 5.60. The number of hydrogen-bond donors (Lipinski definition) is 2. The number of nitrogens with one attached hydrogen (secondary N) is 2. The predicted octanol–water partition coefficient (Wildman–Crippen LogP) is 2.33. The van der Waals surface area contributed by atoms with Gasteiger partial charge in [-0.3, -0.25) is 4.79 Å². The van der Waals surface area contributed by atoms with Crippen LogP contribution in [0.2, 0.25) is 10.0 Å². The zero-order valence-electron chi connectivity index (χ0n) is 9.02. The van der Waals surface area contributed by atoms with E-state index in [4.69, 9.17) is 23.2 Å². The normalized spacial score (nSPS) is 10.2. The molecule has 0 saturated heterocycles. The van der Waals surface area contributed by atoms with E-state index in [1.165, 1.54) is 0 Å². The lowest BCUT2D eigenvalue weighted by atomic mass is 10.2. The molecule has 3 nitrogen and oxygen atoms in total. The van der Waals surface area contributed by atoms with E-state index >= 15 is 0 Å². The number of carbonyl (C=O) groups is 1. The van der Waals surface area contributed by atoms with Gasteiger partial charge in [-0.2, -0.15) is 0 Å². The molecule has 5 heteroatoms.